The molecule has 0 fully saturated rings. The Morgan fingerprint density at radius 2 is 1.71 bits per heavy atom. The van der Waals surface area contributed by atoms with Crippen LogP contribution in [0.2, 0.25) is 0 Å². The summed E-state index contributed by atoms with van der Waals surface area (Å²) in [4.78, 5) is 37.7. The largest absolute Gasteiger partial charge is 0.352 e. The topological polar surface area (TPSA) is 91.1 Å². The number of pyridine rings is 1. The van der Waals surface area contributed by atoms with E-state index in [0.717, 1.165) is 16.8 Å². The van der Waals surface area contributed by atoms with E-state index in [-0.39, 0.29) is 23.9 Å². The van der Waals surface area contributed by atoms with Crippen molar-refractivity contribution in [2.75, 3.05) is 0 Å². The monoisotopic (exact) mass is 327 g/mol. The molecule has 1 aromatic carbocycles. The lowest BCUT2D eigenvalue weighted by Crippen LogP contribution is -2.28. The van der Waals surface area contributed by atoms with Gasteiger partial charge in [0.05, 0.1) is 0 Å². The maximum Gasteiger partial charge on any atom is 0.253 e. The smallest absolute Gasteiger partial charge is 0.253 e. The number of carbonyl (C=O) groups excluding carboxylic acids is 2. The van der Waals surface area contributed by atoms with Gasteiger partial charge in [-0.1, -0.05) is 12.1 Å². The molecule has 1 aromatic heterocycles. The molecule has 0 aliphatic carbocycles. The second kappa shape index (κ2) is 7.59. The Kier molecular flexibility index (Phi) is 5.52. The Bertz CT molecular complexity index is 807. The lowest BCUT2D eigenvalue weighted by molar-refractivity contribution is -0.119. The first-order valence-corrected chi connectivity index (χ1v) is 7.68. The minimum atomic E-state index is -0.250. The number of hydrogen-bond donors (Lipinski definition) is 3. The molecule has 0 radical (unpaired) electrons. The normalized spacial score (nSPS) is 10.3. The number of rotatable bonds is 5. The third-order valence-electron chi connectivity index (χ3n) is 3.68. The molecule has 0 saturated carbocycles. The Morgan fingerprint density at radius 1 is 1.04 bits per heavy atom. The molecule has 2 rings (SSSR count). The van der Waals surface area contributed by atoms with Gasteiger partial charge in [-0.2, -0.15) is 0 Å². The van der Waals surface area contributed by atoms with Crippen LogP contribution in [0.15, 0.2) is 35.1 Å². The zero-order valence-electron chi connectivity index (χ0n) is 14.0. The SMILES string of the molecule is CC(=O)NCc1ccc(C(=O)NCc2c(C)cc(C)[nH]c2=O)cc1. The summed E-state index contributed by atoms with van der Waals surface area (Å²) in [6, 6.07) is 8.83. The van der Waals surface area contributed by atoms with Crippen molar-refractivity contribution in [1.82, 2.24) is 15.6 Å². The fraction of sp³-hybridized carbons (Fsp3) is 0.278. The molecule has 2 aromatic rings. The number of aromatic nitrogens is 1. The van der Waals surface area contributed by atoms with Gasteiger partial charge in [0.1, 0.15) is 0 Å². The maximum atomic E-state index is 12.2. The van der Waals surface area contributed by atoms with E-state index in [1.54, 1.807) is 24.3 Å². The van der Waals surface area contributed by atoms with Crippen LogP contribution in [0, 0.1) is 13.8 Å². The van der Waals surface area contributed by atoms with Crippen LogP contribution in [0.4, 0.5) is 0 Å². The van der Waals surface area contributed by atoms with Crippen molar-refractivity contribution in [2.45, 2.75) is 33.9 Å². The van der Waals surface area contributed by atoms with Crippen LogP contribution in [0.1, 0.15) is 39.7 Å². The number of benzene rings is 1. The van der Waals surface area contributed by atoms with Crippen LogP contribution in [0.5, 0.6) is 0 Å². The zero-order chi connectivity index (χ0) is 17.7. The van der Waals surface area contributed by atoms with E-state index in [2.05, 4.69) is 15.6 Å². The summed E-state index contributed by atoms with van der Waals surface area (Å²) < 4.78 is 0. The Labute approximate surface area is 140 Å². The van der Waals surface area contributed by atoms with E-state index in [0.29, 0.717) is 17.7 Å². The molecule has 3 N–H and O–H groups in total. The van der Waals surface area contributed by atoms with E-state index in [4.69, 9.17) is 0 Å². The first-order valence-electron chi connectivity index (χ1n) is 7.68. The van der Waals surface area contributed by atoms with E-state index in [1.807, 2.05) is 19.9 Å². The lowest BCUT2D eigenvalue weighted by Gasteiger charge is -2.09. The highest BCUT2D eigenvalue weighted by atomic mass is 16.2. The quantitative estimate of drug-likeness (QED) is 0.778. The molecule has 0 saturated heterocycles. The molecule has 0 bridgehead atoms. The van der Waals surface area contributed by atoms with Gasteiger partial charge in [-0.25, -0.2) is 0 Å². The third kappa shape index (κ3) is 4.55. The van der Waals surface area contributed by atoms with Crippen LogP contribution in [0.25, 0.3) is 0 Å². The number of nitrogens with one attached hydrogen (secondary N) is 3. The number of aryl methyl sites for hydroxylation is 2. The molecule has 6 heteroatoms. The number of amides is 2. The maximum absolute atomic E-state index is 12.2. The summed E-state index contributed by atoms with van der Waals surface area (Å²) in [5.74, 6) is -0.351. The van der Waals surface area contributed by atoms with Crippen molar-refractivity contribution in [3.05, 3.63) is 68.6 Å². The van der Waals surface area contributed by atoms with Crippen molar-refractivity contribution in [1.29, 1.82) is 0 Å². The number of H-pyrrole nitrogens is 1. The van der Waals surface area contributed by atoms with Crippen LogP contribution >= 0.6 is 0 Å². The molecule has 2 amide bonds. The molecule has 0 spiro atoms. The number of carbonyl (C=O) groups is 2. The minimum absolute atomic E-state index is 0.101. The standard InChI is InChI=1S/C18H21N3O3/c1-11-8-12(2)21-18(24)16(11)10-20-17(23)15-6-4-14(5-7-15)9-19-13(3)22/h4-8H,9-10H2,1-3H3,(H,19,22)(H,20,23)(H,21,24). The van der Waals surface area contributed by atoms with Crippen molar-refractivity contribution in [3.63, 3.8) is 0 Å². The minimum Gasteiger partial charge on any atom is -0.352 e. The van der Waals surface area contributed by atoms with Gasteiger partial charge in [-0.05, 0) is 43.2 Å². The molecule has 0 aliphatic heterocycles. The Morgan fingerprint density at radius 3 is 2.29 bits per heavy atom. The van der Waals surface area contributed by atoms with Gasteiger partial charge in [0.25, 0.3) is 11.5 Å². The van der Waals surface area contributed by atoms with Crippen molar-refractivity contribution >= 4 is 11.8 Å². The molecule has 0 unspecified atom stereocenters. The van der Waals surface area contributed by atoms with Crippen LogP contribution in [0.3, 0.4) is 0 Å². The lowest BCUT2D eigenvalue weighted by atomic mass is 10.1. The van der Waals surface area contributed by atoms with E-state index in [9.17, 15) is 14.4 Å². The van der Waals surface area contributed by atoms with Crippen molar-refractivity contribution < 1.29 is 9.59 Å². The van der Waals surface area contributed by atoms with E-state index >= 15 is 0 Å². The van der Waals surface area contributed by atoms with E-state index < -0.39 is 0 Å². The number of aromatic amines is 1. The van der Waals surface area contributed by atoms with Gasteiger partial charge in [0.2, 0.25) is 5.91 Å². The summed E-state index contributed by atoms with van der Waals surface area (Å²) in [7, 11) is 0. The molecule has 0 aliphatic rings. The van der Waals surface area contributed by atoms with Crippen LogP contribution < -0.4 is 16.2 Å². The summed E-state index contributed by atoms with van der Waals surface area (Å²) in [5, 5.41) is 5.45. The van der Waals surface area contributed by atoms with Crippen molar-refractivity contribution in [2.24, 2.45) is 0 Å². The molecular formula is C18H21N3O3. The summed E-state index contributed by atoms with van der Waals surface area (Å²) >= 11 is 0. The highest BCUT2D eigenvalue weighted by molar-refractivity contribution is 5.94. The average Bonchev–Trinajstić information content (AvgIpc) is 2.52. The van der Waals surface area contributed by atoms with Crippen molar-refractivity contribution in [3.8, 4) is 0 Å². The summed E-state index contributed by atoms with van der Waals surface area (Å²) in [6.45, 7) is 5.72. The Balaban J connectivity index is 2.00. The first kappa shape index (κ1) is 17.5. The van der Waals surface area contributed by atoms with Gasteiger partial charge < -0.3 is 15.6 Å². The predicted octanol–water partition coefficient (Wildman–Crippen LogP) is 1.56. The van der Waals surface area contributed by atoms with E-state index in [1.165, 1.54) is 6.92 Å². The fourth-order valence-electron chi connectivity index (χ4n) is 2.37. The van der Waals surface area contributed by atoms with Crippen LogP contribution in [-0.2, 0) is 17.9 Å². The van der Waals surface area contributed by atoms with Gasteiger partial charge >= 0.3 is 0 Å². The summed E-state index contributed by atoms with van der Waals surface area (Å²) in [6.07, 6.45) is 0. The second-order valence-corrected chi connectivity index (χ2v) is 5.73. The predicted molar refractivity (Wildman–Crippen MR) is 91.7 cm³/mol. The first-order chi connectivity index (χ1) is 11.4. The third-order valence-corrected chi connectivity index (χ3v) is 3.68. The Hall–Kier alpha value is -2.89. The molecule has 6 nitrogen and oxygen atoms in total. The average molecular weight is 327 g/mol. The van der Waals surface area contributed by atoms with Gasteiger partial charge in [-0.3, -0.25) is 14.4 Å². The van der Waals surface area contributed by atoms with Gasteiger partial charge in [-0.15, -0.1) is 0 Å². The molecule has 126 valence electrons. The molecule has 1 heterocycles. The molecular weight excluding hydrogens is 306 g/mol. The fourth-order valence-corrected chi connectivity index (χ4v) is 2.37. The molecule has 0 atom stereocenters. The number of hydrogen-bond acceptors (Lipinski definition) is 3. The zero-order valence-corrected chi connectivity index (χ0v) is 14.0. The highest BCUT2D eigenvalue weighted by Gasteiger charge is 2.09. The van der Waals surface area contributed by atoms with Gasteiger partial charge in [0.15, 0.2) is 0 Å². The van der Waals surface area contributed by atoms with Gasteiger partial charge in [0, 0.05) is 36.8 Å². The van der Waals surface area contributed by atoms with Crippen LogP contribution in [-0.4, -0.2) is 16.8 Å². The molecule has 24 heavy (non-hydrogen) atoms. The highest BCUT2D eigenvalue weighted by Crippen LogP contribution is 2.06. The second-order valence-electron chi connectivity index (χ2n) is 5.73. The summed E-state index contributed by atoms with van der Waals surface area (Å²) in [5.41, 5.74) is 3.43.